The van der Waals surface area contributed by atoms with Gasteiger partial charge < -0.3 is 15.6 Å². The summed E-state index contributed by atoms with van der Waals surface area (Å²) in [5, 5.41) is 9.20. The predicted molar refractivity (Wildman–Crippen MR) is 43.5 cm³/mol. The topological polar surface area (TPSA) is 72.5 Å². The van der Waals surface area contributed by atoms with E-state index in [0.717, 1.165) is 0 Å². The summed E-state index contributed by atoms with van der Waals surface area (Å²) >= 11 is 0. The van der Waals surface area contributed by atoms with Gasteiger partial charge in [-0.1, -0.05) is 0 Å². The molecule has 0 saturated heterocycles. The van der Waals surface area contributed by atoms with Gasteiger partial charge in [0, 0.05) is 0 Å². The summed E-state index contributed by atoms with van der Waals surface area (Å²) in [6.07, 6.45) is 1.78. The maximum Gasteiger partial charge on any atom is 0.405 e. The monoisotopic (exact) mass is 173 g/mol. The van der Waals surface area contributed by atoms with Crippen molar-refractivity contribution in [2.45, 2.75) is 44.3 Å². The lowest BCUT2D eigenvalue weighted by Crippen LogP contribution is -2.39. The normalized spacial score (nSPS) is 36.0. The van der Waals surface area contributed by atoms with Crippen LogP contribution < -0.4 is 5.73 Å². The van der Waals surface area contributed by atoms with E-state index in [1.54, 1.807) is 0 Å². The molecule has 4 nitrogen and oxygen atoms in total. The van der Waals surface area contributed by atoms with E-state index in [9.17, 15) is 9.90 Å². The minimum absolute atomic E-state index is 0.241. The lowest BCUT2D eigenvalue weighted by Gasteiger charge is -2.34. The van der Waals surface area contributed by atoms with Crippen molar-refractivity contribution in [3.63, 3.8) is 0 Å². The Hall–Kier alpha value is -0.770. The first kappa shape index (κ1) is 9.32. The fourth-order valence-electron chi connectivity index (χ4n) is 1.56. The van der Waals surface area contributed by atoms with Gasteiger partial charge in [0.05, 0.1) is 6.10 Å². The molecule has 1 aliphatic carbocycles. The molecule has 0 aromatic rings. The SMILES string of the molecule is CC1(OC(N)=O)CCC(O)CC1. The van der Waals surface area contributed by atoms with Crippen molar-refractivity contribution in [3.05, 3.63) is 0 Å². The maximum atomic E-state index is 10.5. The van der Waals surface area contributed by atoms with Gasteiger partial charge in [0.15, 0.2) is 0 Å². The highest BCUT2D eigenvalue weighted by Gasteiger charge is 2.33. The summed E-state index contributed by atoms with van der Waals surface area (Å²) in [5.41, 5.74) is 4.47. The largest absolute Gasteiger partial charge is 0.443 e. The molecule has 0 heterocycles. The van der Waals surface area contributed by atoms with Gasteiger partial charge >= 0.3 is 6.09 Å². The molecule has 1 amide bonds. The van der Waals surface area contributed by atoms with E-state index < -0.39 is 11.7 Å². The van der Waals surface area contributed by atoms with E-state index in [0.29, 0.717) is 25.7 Å². The molecule has 0 bridgehead atoms. The van der Waals surface area contributed by atoms with Crippen LogP contribution in [0.15, 0.2) is 0 Å². The third kappa shape index (κ3) is 2.37. The zero-order chi connectivity index (χ0) is 9.19. The second kappa shape index (κ2) is 3.31. The smallest absolute Gasteiger partial charge is 0.405 e. The van der Waals surface area contributed by atoms with E-state index >= 15 is 0 Å². The summed E-state index contributed by atoms with van der Waals surface area (Å²) in [6, 6.07) is 0. The van der Waals surface area contributed by atoms with Crippen LogP contribution in [0.2, 0.25) is 0 Å². The van der Waals surface area contributed by atoms with Crippen LogP contribution in [0, 0.1) is 0 Å². The van der Waals surface area contributed by atoms with Crippen LogP contribution in [0.5, 0.6) is 0 Å². The molecule has 0 unspecified atom stereocenters. The van der Waals surface area contributed by atoms with Crippen molar-refractivity contribution in [1.29, 1.82) is 0 Å². The number of primary amides is 1. The van der Waals surface area contributed by atoms with Crippen LogP contribution in [0.25, 0.3) is 0 Å². The standard InChI is InChI=1S/C8H15NO3/c1-8(12-7(9)11)4-2-6(10)3-5-8/h6,10H,2-5H2,1H3,(H2,9,11). The van der Waals surface area contributed by atoms with Gasteiger partial charge in [-0.05, 0) is 32.6 Å². The Bertz CT molecular complexity index is 173. The molecule has 1 saturated carbocycles. The van der Waals surface area contributed by atoms with E-state index in [1.165, 1.54) is 0 Å². The minimum atomic E-state index is -0.728. The van der Waals surface area contributed by atoms with Crippen molar-refractivity contribution < 1.29 is 14.6 Å². The van der Waals surface area contributed by atoms with Gasteiger partial charge in [-0.15, -0.1) is 0 Å². The number of hydrogen-bond donors (Lipinski definition) is 2. The first-order valence-corrected chi connectivity index (χ1v) is 4.18. The number of ether oxygens (including phenoxy) is 1. The summed E-state index contributed by atoms with van der Waals surface area (Å²) in [7, 11) is 0. The van der Waals surface area contributed by atoms with Gasteiger partial charge in [0.2, 0.25) is 0 Å². The van der Waals surface area contributed by atoms with Crippen molar-refractivity contribution in [3.8, 4) is 0 Å². The Morgan fingerprint density at radius 1 is 1.58 bits per heavy atom. The van der Waals surface area contributed by atoms with Crippen molar-refractivity contribution in [1.82, 2.24) is 0 Å². The van der Waals surface area contributed by atoms with Crippen molar-refractivity contribution in [2.24, 2.45) is 5.73 Å². The number of aliphatic hydroxyl groups is 1. The minimum Gasteiger partial charge on any atom is -0.443 e. The van der Waals surface area contributed by atoms with Crippen LogP contribution in [0.3, 0.4) is 0 Å². The van der Waals surface area contributed by atoms with Gasteiger partial charge in [-0.3, -0.25) is 0 Å². The molecule has 0 aromatic heterocycles. The number of hydrogen-bond acceptors (Lipinski definition) is 3. The fourth-order valence-corrected chi connectivity index (χ4v) is 1.56. The number of nitrogens with two attached hydrogens (primary N) is 1. The van der Waals surface area contributed by atoms with Crippen LogP contribution in [0.1, 0.15) is 32.6 Å². The molecular formula is C8H15NO3. The van der Waals surface area contributed by atoms with Crippen LogP contribution >= 0.6 is 0 Å². The van der Waals surface area contributed by atoms with Crippen LogP contribution in [-0.2, 0) is 4.74 Å². The molecule has 70 valence electrons. The van der Waals surface area contributed by atoms with Gasteiger partial charge in [0.1, 0.15) is 5.60 Å². The zero-order valence-electron chi connectivity index (χ0n) is 7.25. The molecule has 4 heteroatoms. The highest BCUT2D eigenvalue weighted by Crippen LogP contribution is 2.31. The summed E-state index contributed by atoms with van der Waals surface area (Å²) in [4.78, 5) is 10.5. The highest BCUT2D eigenvalue weighted by molar-refractivity contribution is 5.65. The quantitative estimate of drug-likeness (QED) is 0.615. The number of rotatable bonds is 1. The maximum absolute atomic E-state index is 10.5. The molecule has 1 fully saturated rings. The zero-order valence-corrected chi connectivity index (χ0v) is 7.25. The Morgan fingerprint density at radius 2 is 2.08 bits per heavy atom. The molecule has 0 radical (unpaired) electrons. The summed E-state index contributed by atoms with van der Waals surface area (Å²) in [5.74, 6) is 0. The Morgan fingerprint density at radius 3 is 2.50 bits per heavy atom. The lowest BCUT2D eigenvalue weighted by atomic mass is 9.85. The average Bonchev–Trinajstić information content (AvgIpc) is 1.94. The van der Waals surface area contributed by atoms with Gasteiger partial charge in [0.25, 0.3) is 0 Å². The van der Waals surface area contributed by atoms with Crippen LogP contribution in [0.4, 0.5) is 4.79 Å². The molecule has 12 heavy (non-hydrogen) atoms. The number of aliphatic hydroxyl groups excluding tert-OH is 1. The first-order chi connectivity index (χ1) is 5.52. The average molecular weight is 173 g/mol. The van der Waals surface area contributed by atoms with Crippen molar-refractivity contribution >= 4 is 6.09 Å². The third-order valence-corrected chi connectivity index (χ3v) is 2.36. The number of carbonyl (C=O) groups is 1. The van der Waals surface area contributed by atoms with Gasteiger partial charge in [-0.25, -0.2) is 4.79 Å². The molecule has 1 aliphatic rings. The molecule has 0 aromatic carbocycles. The van der Waals surface area contributed by atoms with E-state index in [1.807, 2.05) is 6.92 Å². The van der Waals surface area contributed by atoms with Crippen LogP contribution in [-0.4, -0.2) is 22.9 Å². The Labute approximate surface area is 71.7 Å². The van der Waals surface area contributed by atoms with E-state index in [4.69, 9.17) is 10.5 Å². The van der Waals surface area contributed by atoms with E-state index in [-0.39, 0.29) is 6.10 Å². The molecule has 0 spiro atoms. The summed E-state index contributed by atoms with van der Waals surface area (Å²) < 4.78 is 4.95. The lowest BCUT2D eigenvalue weighted by molar-refractivity contribution is -0.0277. The number of carbonyl (C=O) groups excluding carboxylic acids is 1. The second-order valence-corrected chi connectivity index (χ2v) is 3.60. The van der Waals surface area contributed by atoms with Gasteiger partial charge in [-0.2, -0.15) is 0 Å². The summed E-state index contributed by atoms with van der Waals surface area (Å²) in [6.45, 7) is 1.85. The fraction of sp³-hybridized carbons (Fsp3) is 0.875. The number of amides is 1. The Kier molecular flexibility index (Phi) is 2.57. The predicted octanol–water partition coefficient (Wildman–Crippen LogP) is 0.775. The Balaban J connectivity index is 2.44. The van der Waals surface area contributed by atoms with E-state index in [2.05, 4.69) is 0 Å². The third-order valence-electron chi connectivity index (χ3n) is 2.36. The molecule has 0 atom stereocenters. The second-order valence-electron chi connectivity index (χ2n) is 3.60. The van der Waals surface area contributed by atoms with Crippen molar-refractivity contribution in [2.75, 3.05) is 0 Å². The molecule has 0 aliphatic heterocycles. The highest BCUT2D eigenvalue weighted by atomic mass is 16.6. The first-order valence-electron chi connectivity index (χ1n) is 4.18. The molecular weight excluding hydrogens is 158 g/mol. The molecule has 3 N–H and O–H groups in total. The molecule has 1 rings (SSSR count).